The zero-order chi connectivity index (χ0) is 12.0. The quantitative estimate of drug-likeness (QED) is 0.740. The van der Waals surface area contributed by atoms with E-state index in [1.807, 2.05) is 0 Å². The molecule has 0 amide bonds. The maximum absolute atomic E-state index is 11.1. The van der Waals surface area contributed by atoms with E-state index >= 15 is 0 Å². The SMILES string of the molecule is CNS(=O)(=O)CCNc1cccc(OC)n1. The highest BCUT2D eigenvalue weighted by Crippen LogP contribution is 2.09. The van der Waals surface area contributed by atoms with Crippen molar-refractivity contribution in [2.24, 2.45) is 0 Å². The van der Waals surface area contributed by atoms with Gasteiger partial charge >= 0.3 is 0 Å². The molecule has 0 fully saturated rings. The Hall–Kier alpha value is -1.34. The Kier molecular flexibility index (Phi) is 4.51. The van der Waals surface area contributed by atoms with Crippen LogP contribution in [0.2, 0.25) is 0 Å². The van der Waals surface area contributed by atoms with E-state index in [2.05, 4.69) is 15.0 Å². The summed E-state index contributed by atoms with van der Waals surface area (Å²) in [5.41, 5.74) is 0. The fraction of sp³-hybridized carbons (Fsp3) is 0.444. The molecular weight excluding hydrogens is 230 g/mol. The van der Waals surface area contributed by atoms with E-state index in [4.69, 9.17) is 4.74 Å². The summed E-state index contributed by atoms with van der Waals surface area (Å²) >= 11 is 0. The fourth-order valence-corrected chi connectivity index (χ4v) is 1.62. The number of rotatable bonds is 6. The van der Waals surface area contributed by atoms with Crippen molar-refractivity contribution in [2.45, 2.75) is 0 Å². The summed E-state index contributed by atoms with van der Waals surface area (Å²) in [7, 11) is -0.263. The molecule has 0 saturated carbocycles. The third-order valence-corrected chi connectivity index (χ3v) is 3.28. The van der Waals surface area contributed by atoms with Crippen LogP contribution in [0.15, 0.2) is 18.2 Å². The normalized spacial score (nSPS) is 11.1. The topological polar surface area (TPSA) is 80.3 Å². The molecule has 0 aromatic carbocycles. The van der Waals surface area contributed by atoms with Gasteiger partial charge in [0.05, 0.1) is 12.9 Å². The largest absolute Gasteiger partial charge is 0.481 e. The van der Waals surface area contributed by atoms with Crippen LogP contribution in [0.5, 0.6) is 5.88 Å². The fourth-order valence-electron chi connectivity index (χ4n) is 1.04. The van der Waals surface area contributed by atoms with Gasteiger partial charge in [0.1, 0.15) is 5.82 Å². The van der Waals surface area contributed by atoms with Crippen LogP contribution >= 0.6 is 0 Å². The van der Waals surface area contributed by atoms with Crippen LogP contribution in [-0.4, -0.2) is 39.9 Å². The molecular formula is C9H15N3O3S. The van der Waals surface area contributed by atoms with Gasteiger partial charge in [-0.05, 0) is 13.1 Å². The Bertz CT molecular complexity index is 433. The molecule has 1 aromatic heterocycles. The average molecular weight is 245 g/mol. The van der Waals surface area contributed by atoms with Crippen LogP contribution in [0.25, 0.3) is 0 Å². The first-order valence-corrected chi connectivity index (χ1v) is 6.39. The molecule has 0 spiro atoms. The number of hydrogen-bond donors (Lipinski definition) is 2. The second-order valence-electron chi connectivity index (χ2n) is 3.01. The molecule has 0 aliphatic rings. The average Bonchev–Trinajstić information content (AvgIpc) is 2.29. The molecule has 1 rings (SSSR count). The van der Waals surface area contributed by atoms with E-state index < -0.39 is 10.0 Å². The van der Waals surface area contributed by atoms with Crippen LogP contribution in [0.1, 0.15) is 0 Å². The number of aromatic nitrogens is 1. The highest BCUT2D eigenvalue weighted by molar-refractivity contribution is 7.89. The van der Waals surface area contributed by atoms with E-state index in [0.29, 0.717) is 18.2 Å². The lowest BCUT2D eigenvalue weighted by atomic mass is 10.4. The molecule has 16 heavy (non-hydrogen) atoms. The summed E-state index contributed by atoms with van der Waals surface area (Å²) in [5, 5.41) is 2.90. The molecule has 0 aliphatic carbocycles. The van der Waals surface area contributed by atoms with Crippen molar-refractivity contribution in [3.05, 3.63) is 18.2 Å². The number of methoxy groups -OCH3 is 1. The van der Waals surface area contributed by atoms with Gasteiger partial charge in [-0.1, -0.05) is 6.07 Å². The zero-order valence-corrected chi connectivity index (χ0v) is 10.0. The van der Waals surface area contributed by atoms with Crippen LogP contribution in [-0.2, 0) is 10.0 Å². The van der Waals surface area contributed by atoms with Gasteiger partial charge in [0.15, 0.2) is 0 Å². The third kappa shape index (κ3) is 4.03. The van der Waals surface area contributed by atoms with E-state index in [1.54, 1.807) is 18.2 Å². The lowest BCUT2D eigenvalue weighted by molar-refractivity contribution is 0.398. The molecule has 1 aromatic rings. The molecule has 0 atom stereocenters. The summed E-state index contributed by atoms with van der Waals surface area (Å²) in [5.74, 6) is 1.08. The first-order chi connectivity index (χ1) is 7.57. The molecule has 2 N–H and O–H groups in total. The molecule has 1 heterocycles. The minimum absolute atomic E-state index is 0.00237. The predicted octanol–water partition coefficient (Wildman–Crippen LogP) is 0.0513. The van der Waals surface area contributed by atoms with Gasteiger partial charge < -0.3 is 10.1 Å². The lowest BCUT2D eigenvalue weighted by Crippen LogP contribution is -2.26. The Morgan fingerprint density at radius 1 is 1.44 bits per heavy atom. The zero-order valence-electron chi connectivity index (χ0n) is 9.23. The van der Waals surface area contributed by atoms with Gasteiger partial charge in [0.2, 0.25) is 15.9 Å². The smallest absolute Gasteiger partial charge is 0.214 e. The Labute approximate surface area is 95.1 Å². The molecule has 6 nitrogen and oxygen atoms in total. The standard InChI is InChI=1S/C9H15N3O3S/c1-10-16(13,14)7-6-11-8-4-3-5-9(12-8)15-2/h3-5,10H,6-7H2,1-2H3,(H,11,12). The minimum atomic E-state index is -3.18. The van der Waals surface area contributed by atoms with Crippen LogP contribution in [0.4, 0.5) is 5.82 Å². The monoisotopic (exact) mass is 245 g/mol. The van der Waals surface area contributed by atoms with Crippen LogP contribution in [0, 0.1) is 0 Å². The number of sulfonamides is 1. The first-order valence-electron chi connectivity index (χ1n) is 4.73. The van der Waals surface area contributed by atoms with Gasteiger partial charge in [-0.15, -0.1) is 0 Å². The summed E-state index contributed by atoms with van der Waals surface area (Å²) in [6, 6.07) is 5.24. The van der Waals surface area contributed by atoms with Crippen molar-refractivity contribution in [2.75, 3.05) is 31.8 Å². The first kappa shape index (κ1) is 12.7. The van der Waals surface area contributed by atoms with Crippen molar-refractivity contribution in [3.63, 3.8) is 0 Å². The van der Waals surface area contributed by atoms with E-state index in [9.17, 15) is 8.42 Å². The highest BCUT2D eigenvalue weighted by atomic mass is 32.2. The molecule has 0 radical (unpaired) electrons. The molecule has 7 heteroatoms. The minimum Gasteiger partial charge on any atom is -0.481 e. The second-order valence-corrected chi connectivity index (χ2v) is 5.06. The van der Waals surface area contributed by atoms with Crippen LogP contribution < -0.4 is 14.8 Å². The molecule has 0 aliphatic heterocycles. The predicted molar refractivity (Wildman–Crippen MR) is 62.1 cm³/mol. The number of pyridine rings is 1. The number of hydrogen-bond acceptors (Lipinski definition) is 5. The summed E-state index contributed by atoms with van der Waals surface area (Å²) in [4.78, 5) is 4.09. The number of nitrogens with zero attached hydrogens (tertiary/aromatic N) is 1. The maximum atomic E-state index is 11.1. The highest BCUT2D eigenvalue weighted by Gasteiger charge is 2.06. The van der Waals surface area contributed by atoms with Gasteiger partial charge in [-0.25, -0.2) is 13.1 Å². The van der Waals surface area contributed by atoms with Crippen molar-refractivity contribution >= 4 is 15.8 Å². The Morgan fingerprint density at radius 2 is 2.19 bits per heavy atom. The lowest BCUT2D eigenvalue weighted by Gasteiger charge is -2.06. The second kappa shape index (κ2) is 5.66. The Balaban J connectivity index is 2.49. The molecule has 0 unspecified atom stereocenters. The molecule has 0 saturated heterocycles. The summed E-state index contributed by atoms with van der Waals surface area (Å²) < 4.78 is 29.4. The summed E-state index contributed by atoms with van der Waals surface area (Å²) in [6.45, 7) is 0.295. The number of anilines is 1. The molecule has 0 bridgehead atoms. The molecule has 90 valence electrons. The van der Waals surface area contributed by atoms with Gasteiger partial charge in [0.25, 0.3) is 0 Å². The number of nitrogens with one attached hydrogen (secondary N) is 2. The van der Waals surface area contributed by atoms with Crippen molar-refractivity contribution < 1.29 is 13.2 Å². The van der Waals surface area contributed by atoms with E-state index in [1.165, 1.54) is 14.2 Å². The van der Waals surface area contributed by atoms with Crippen molar-refractivity contribution in [1.82, 2.24) is 9.71 Å². The summed E-state index contributed by atoms with van der Waals surface area (Å²) in [6.07, 6.45) is 0. The van der Waals surface area contributed by atoms with Gasteiger partial charge in [-0.3, -0.25) is 0 Å². The Morgan fingerprint density at radius 3 is 2.81 bits per heavy atom. The van der Waals surface area contributed by atoms with E-state index in [0.717, 1.165) is 0 Å². The third-order valence-electron chi connectivity index (χ3n) is 1.92. The number of ether oxygens (including phenoxy) is 1. The van der Waals surface area contributed by atoms with Crippen molar-refractivity contribution in [1.29, 1.82) is 0 Å². The maximum Gasteiger partial charge on any atom is 0.214 e. The van der Waals surface area contributed by atoms with Gasteiger partial charge in [-0.2, -0.15) is 4.98 Å². The van der Waals surface area contributed by atoms with Gasteiger partial charge in [0, 0.05) is 12.6 Å². The van der Waals surface area contributed by atoms with E-state index in [-0.39, 0.29) is 5.75 Å². The van der Waals surface area contributed by atoms with Crippen LogP contribution in [0.3, 0.4) is 0 Å². The van der Waals surface area contributed by atoms with Crippen molar-refractivity contribution in [3.8, 4) is 5.88 Å².